The summed E-state index contributed by atoms with van der Waals surface area (Å²) in [5.74, 6) is -9.03. The van der Waals surface area contributed by atoms with Crippen LogP contribution in [-0.4, -0.2) is 131 Å². The van der Waals surface area contributed by atoms with Crippen LogP contribution in [0.25, 0.3) is 0 Å². The summed E-state index contributed by atoms with van der Waals surface area (Å²) in [7, 11) is -16.2. The summed E-state index contributed by atoms with van der Waals surface area (Å²) in [5, 5.41) is 10.4. The number of sulfone groups is 3. The Morgan fingerprint density at radius 1 is 0.500 bits per heavy atom. The van der Waals surface area contributed by atoms with Gasteiger partial charge in [-0.1, -0.05) is 42.2 Å². The Labute approximate surface area is 581 Å². The Kier molecular flexibility index (Phi) is 24.8. The number of aldehydes is 1. The number of carbonyl (C=O) groups excluding carboxylic acids is 1. The van der Waals surface area contributed by atoms with Crippen LogP contribution in [0.15, 0.2) is 124 Å². The Bertz CT molecular complexity index is 4230. The number of nitrogens with one attached hydrogen (secondary N) is 1. The molecule has 0 aromatic heterocycles. The van der Waals surface area contributed by atoms with Crippen LogP contribution in [0.1, 0.15) is 64.1 Å². The Morgan fingerprint density at radius 3 is 1.09 bits per heavy atom. The fourth-order valence-corrected chi connectivity index (χ4v) is 21.5. The van der Waals surface area contributed by atoms with E-state index in [2.05, 4.69) is 4.72 Å². The molecule has 0 unspecified atom stereocenters. The number of benzene rings is 6. The van der Waals surface area contributed by atoms with Crippen molar-refractivity contribution < 1.29 is 129 Å². The zero-order valence-corrected chi connectivity index (χ0v) is 57.0. The van der Waals surface area contributed by atoms with Gasteiger partial charge in [0.05, 0.1) is 75.8 Å². The molecule has 6 aliphatic heterocycles. The number of halogens is 9. The molecule has 0 saturated carbocycles. The first-order chi connectivity index (χ1) is 43.1. The van der Waals surface area contributed by atoms with Gasteiger partial charge in [-0.25, -0.2) is 64.7 Å². The smallest absolute Gasteiger partial charge is 1.00 e. The summed E-state index contributed by atoms with van der Waals surface area (Å²) in [4.78, 5) is 10.9. The Balaban J connectivity index is 0.000000221. The molecule has 3 fully saturated rings. The van der Waals surface area contributed by atoms with Crippen LogP contribution >= 0.6 is 34.8 Å². The largest absolute Gasteiger partial charge is 1.00 e. The molecule has 503 valence electrons. The Morgan fingerprint density at radius 2 is 0.787 bits per heavy atom. The summed E-state index contributed by atoms with van der Waals surface area (Å²) >= 11 is 17.7. The van der Waals surface area contributed by atoms with E-state index < -0.39 is 136 Å². The van der Waals surface area contributed by atoms with Crippen molar-refractivity contribution >= 4 is 89.0 Å². The van der Waals surface area contributed by atoms with E-state index in [1.54, 1.807) is 0 Å². The molecule has 6 heterocycles. The second kappa shape index (κ2) is 30.3. The van der Waals surface area contributed by atoms with Gasteiger partial charge < -0.3 is 39.7 Å². The average molecular weight is 1460 g/mol. The molecule has 0 bridgehead atoms. The average Bonchev–Trinajstić information content (AvgIpc) is 0.715. The number of hydrogen-bond acceptors (Lipinski definition) is 16. The van der Waals surface area contributed by atoms with Gasteiger partial charge in [-0.2, -0.15) is 0 Å². The van der Waals surface area contributed by atoms with Crippen LogP contribution in [0.5, 0.6) is 17.2 Å². The van der Waals surface area contributed by atoms with Crippen LogP contribution in [0.3, 0.4) is 0 Å². The van der Waals surface area contributed by atoms with E-state index in [0.29, 0.717) is 21.4 Å². The van der Waals surface area contributed by atoms with Crippen molar-refractivity contribution in [3.63, 3.8) is 0 Å². The number of hydrogen-bond donors (Lipinski definition) is 2. The van der Waals surface area contributed by atoms with Crippen LogP contribution in [0.4, 0.5) is 26.3 Å². The summed E-state index contributed by atoms with van der Waals surface area (Å²) in [5.41, 5.74) is -1.02. The van der Waals surface area contributed by atoms with Crippen molar-refractivity contribution in [3.05, 3.63) is 176 Å². The van der Waals surface area contributed by atoms with Crippen LogP contribution in [-0.2, 0) is 72.8 Å². The van der Waals surface area contributed by atoms with Crippen molar-refractivity contribution in [1.82, 2.24) is 4.72 Å². The second-order valence-electron chi connectivity index (χ2n) is 22.3. The van der Waals surface area contributed by atoms with Gasteiger partial charge in [0.25, 0.3) is 0 Å². The van der Waals surface area contributed by atoms with Gasteiger partial charge >= 0.3 is 29.6 Å². The van der Waals surface area contributed by atoms with Crippen LogP contribution < -0.4 is 48.5 Å². The predicted molar refractivity (Wildman–Crippen MR) is 333 cm³/mol. The van der Waals surface area contributed by atoms with Gasteiger partial charge in [0.15, 0.2) is 64.2 Å². The molecule has 0 amide bonds. The van der Waals surface area contributed by atoms with Gasteiger partial charge in [-0.3, -0.25) is 0 Å². The number of aliphatic hydroxyl groups is 1. The molecule has 6 aliphatic rings. The maximum Gasteiger partial charge on any atom is 1.00 e. The maximum absolute atomic E-state index is 15.2. The van der Waals surface area contributed by atoms with Gasteiger partial charge in [-0.15, -0.1) is 0 Å². The van der Waals surface area contributed by atoms with Gasteiger partial charge in [0.2, 0.25) is 10.0 Å². The van der Waals surface area contributed by atoms with Gasteiger partial charge in [0, 0.05) is 80.6 Å². The molecule has 12 rings (SSSR count). The van der Waals surface area contributed by atoms with Crippen molar-refractivity contribution in [2.45, 2.75) is 93.2 Å². The molecule has 0 spiro atoms. The van der Waals surface area contributed by atoms with E-state index >= 15 is 13.2 Å². The molecular weight excluding hydrogens is 1400 g/mol. The molecule has 2 N–H and O–H groups in total. The first-order valence-corrected chi connectivity index (χ1v) is 35.8. The number of carbonyl (C=O) groups is 1. The number of aliphatic hydroxyl groups excluding tert-OH is 1. The molecule has 6 aromatic rings. The molecule has 17 nitrogen and oxygen atoms in total. The molecule has 6 aromatic carbocycles. The zero-order valence-electron chi connectivity index (χ0n) is 50.5. The quantitative estimate of drug-likeness (QED) is 0.0608. The monoisotopic (exact) mass is 1460 g/mol. The zero-order chi connectivity index (χ0) is 65.6. The first kappa shape index (κ1) is 76.9. The third kappa shape index (κ3) is 13.7. The third-order valence-electron chi connectivity index (χ3n) is 17.6. The van der Waals surface area contributed by atoms with Gasteiger partial charge in [-0.05, 0) is 141 Å². The van der Waals surface area contributed by atoms with Crippen molar-refractivity contribution in [2.24, 2.45) is 17.8 Å². The van der Waals surface area contributed by atoms with Gasteiger partial charge in [0.1, 0.15) is 38.0 Å². The van der Waals surface area contributed by atoms with Crippen molar-refractivity contribution in [1.29, 1.82) is 0 Å². The van der Waals surface area contributed by atoms with E-state index in [1.807, 2.05) is 0 Å². The summed E-state index contributed by atoms with van der Waals surface area (Å²) in [6.45, 7) is -0.970. The van der Waals surface area contributed by atoms with Crippen molar-refractivity contribution in [2.75, 3.05) is 59.0 Å². The van der Waals surface area contributed by atoms with E-state index in [0.717, 1.165) is 42.7 Å². The number of sulfonamides is 1. The topological polar surface area (TPSA) is 241 Å². The van der Waals surface area contributed by atoms with Crippen molar-refractivity contribution in [3.8, 4) is 17.2 Å². The number of fused-ring (bicyclic) bond motifs is 9. The van der Waals surface area contributed by atoms with E-state index in [-0.39, 0.29) is 175 Å². The summed E-state index contributed by atoms with van der Waals surface area (Å²) in [6.07, 6.45) is -0.779. The third-order valence-corrected chi connectivity index (χ3v) is 26.7. The second-order valence-corrected chi connectivity index (χ2v) is 32.1. The molecule has 3 saturated heterocycles. The minimum Gasteiger partial charge on any atom is -1.00 e. The Hall–Kier alpha value is -4.50. The number of ether oxygens (including phenoxy) is 6. The molecule has 0 aliphatic carbocycles. The van der Waals surface area contributed by atoms with Crippen LogP contribution in [0, 0.1) is 52.7 Å². The first-order valence-electron chi connectivity index (χ1n) is 28.3. The molecule has 9 atom stereocenters. The predicted octanol–water partition coefficient (Wildman–Crippen LogP) is 7.54. The molecular formula is C62H63BCl3F6NNaO16S4. The fraction of sp³-hybridized carbons (Fsp3) is 0.403. The maximum atomic E-state index is 15.2. The summed E-state index contributed by atoms with van der Waals surface area (Å²) in [6, 6.07) is 22.0. The fourth-order valence-electron chi connectivity index (χ4n) is 13.6. The molecule has 3 radical (unpaired) electrons. The minimum atomic E-state index is -4.30. The molecule has 32 heteroatoms. The minimum absolute atomic E-state index is 0. The number of rotatable bonds is 14. The summed E-state index contributed by atoms with van der Waals surface area (Å²) < 4.78 is 226. The SMILES string of the molecule is C.CS(=O)(=O)NCC[C@@H]1OCC[C@@]2(S(=O)(=O)c3ccc(Cl)cc3)c3c(F)ccc(F)c3OC[C@@H]12.O=CC[C@@H]1OCC[C@@]2(S(=O)(=O)c3ccc(Cl)cc3)c3c(F)ccc(F)c3OC[C@@H]12.O=S(=O)(c1ccc(Cl)cc1)[C@@]12CCO[C@@H](CCO)[C@@H]1COc1c(F)ccc(F)c12.[B].[H-].[Na+]. The van der Waals surface area contributed by atoms with E-state index in [9.17, 15) is 56.7 Å². The standard InChI is InChI=1S/C21H22ClF2NO6S2.C20H19ClF2O5S.C20H17ClF2O5S.CH4.B.Na.H/c1-32(26,27)25-10-8-18-15-12-31-20-17(24)7-6-16(23)19(20)21(15,9-11-30-18)33(28,29)14-4-2-13(22)3-5-14;2*21-12-1-3-13(4-2-12)29(25,26)20-8-10-27-17(7-9-24)14(20)11-28-19-16(23)6-5-15(22)18(19)20;;;;/h2-7,15,18,25H,8-12H2,1H3;1-6,14,17,24H,7-11H2;1-6,9,14,17H,7-8,10-11H2;1H4;;;/q;;;;;+1;-1/t15-,18-,21-;2*14-,17-,20-;;;;/m000..../s1. The normalized spacial score (nSPS) is 25.0. The van der Waals surface area contributed by atoms with Crippen LogP contribution in [0.2, 0.25) is 15.1 Å². The van der Waals surface area contributed by atoms with E-state index in [4.69, 9.17) is 63.2 Å². The van der Waals surface area contributed by atoms with E-state index in [1.165, 1.54) is 72.8 Å². The molecule has 94 heavy (non-hydrogen) atoms.